The zero-order chi connectivity index (χ0) is 15.6. The van der Waals surface area contributed by atoms with Crippen LogP contribution in [0, 0.1) is 0 Å². The maximum absolute atomic E-state index is 12.0. The second-order valence-electron chi connectivity index (χ2n) is 6.65. The molecule has 1 aliphatic carbocycles. The fourth-order valence-corrected chi connectivity index (χ4v) is 3.32. The Balaban J connectivity index is 1.35. The van der Waals surface area contributed by atoms with Crippen molar-refractivity contribution in [3.63, 3.8) is 0 Å². The third-order valence-electron chi connectivity index (χ3n) is 4.65. The number of anilines is 2. The van der Waals surface area contributed by atoms with Gasteiger partial charge in [0.1, 0.15) is 5.82 Å². The molecule has 0 radical (unpaired) electrons. The van der Waals surface area contributed by atoms with Gasteiger partial charge in [-0.05, 0) is 31.7 Å². The Kier molecular flexibility index (Phi) is 4.03. The molecule has 0 spiro atoms. The number of rotatable bonds is 5. The Morgan fingerprint density at radius 2 is 2.13 bits per heavy atom. The van der Waals surface area contributed by atoms with E-state index in [0.29, 0.717) is 24.5 Å². The Hall–Kier alpha value is -1.89. The molecule has 0 unspecified atom stereocenters. The highest BCUT2D eigenvalue weighted by molar-refractivity contribution is 5.80. The van der Waals surface area contributed by atoms with Crippen LogP contribution in [0.25, 0.3) is 0 Å². The predicted octanol–water partition coefficient (Wildman–Crippen LogP) is 1.24. The highest BCUT2D eigenvalue weighted by Gasteiger charge is 2.39. The lowest BCUT2D eigenvalue weighted by atomic mass is 10.1. The summed E-state index contributed by atoms with van der Waals surface area (Å²) in [6.45, 7) is 2.34. The van der Waals surface area contributed by atoms with E-state index in [0.717, 1.165) is 51.3 Å². The average Bonchev–Trinajstić information content (AvgIpc) is 3.33. The fraction of sp³-hybridized carbons (Fsp3) is 0.688. The van der Waals surface area contributed by atoms with Crippen LogP contribution in [0.1, 0.15) is 32.1 Å². The minimum atomic E-state index is 0.108. The molecule has 124 valence electrons. The van der Waals surface area contributed by atoms with E-state index in [1.807, 2.05) is 11.0 Å². The molecule has 2 saturated heterocycles. The van der Waals surface area contributed by atoms with Gasteiger partial charge in [0.15, 0.2) is 0 Å². The molecular formula is C16H23N5O2. The summed E-state index contributed by atoms with van der Waals surface area (Å²) in [7, 11) is 0. The minimum Gasteiger partial charge on any atom is -0.379 e. The maximum Gasteiger partial charge on any atom is 0.225 e. The van der Waals surface area contributed by atoms with Crippen LogP contribution in [0.4, 0.5) is 11.8 Å². The van der Waals surface area contributed by atoms with Crippen molar-refractivity contribution in [1.82, 2.24) is 14.9 Å². The molecule has 1 aromatic rings. The van der Waals surface area contributed by atoms with Crippen LogP contribution in [0.2, 0.25) is 0 Å². The Bertz CT molecular complexity index is 571. The molecule has 2 N–H and O–H groups in total. The monoisotopic (exact) mass is 317 g/mol. The van der Waals surface area contributed by atoms with Gasteiger partial charge in [-0.3, -0.25) is 4.79 Å². The second-order valence-corrected chi connectivity index (χ2v) is 6.65. The predicted molar refractivity (Wildman–Crippen MR) is 86.3 cm³/mol. The third-order valence-corrected chi connectivity index (χ3v) is 4.65. The van der Waals surface area contributed by atoms with E-state index in [4.69, 9.17) is 4.74 Å². The van der Waals surface area contributed by atoms with Gasteiger partial charge in [0, 0.05) is 31.8 Å². The van der Waals surface area contributed by atoms with Crippen molar-refractivity contribution in [3.8, 4) is 0 Å². The molecule has 2 aliphatic heterocycles. The smallest absolute Gasteiger partial charge is 0.225 e. The number of hydrogen-bond acceptors (Lipinski definition) is 6. The number of aromatic nitrogens is 2. The van der Waals surface area contributed by atoms with Crippen LogP contribution in [0.15, 0.2) is 12.3 Å². The highest BCUT2D eigenvalue weighted by atomic mass is 16.5. The van der Waals surface area contributed by atoms with Crippen LogP contribution in [-0.4, -0.2) is 58.7 Å². The van der Waals surface area contributed by atoms with E-state index in [2.05, 4.69) is 20.6 Å². The number of carbonyl (C=O) groups excluding carboxylic acids is 1. The number of nitrogens with one attached hydrogen (secondary N) is 2. The number of carbonyl (C=O) groups is 1. The largest absolute Gasteiger partial charge is 0.379 e. The van der Waals surface area contributed by atoms with Gasteiger partial charge >= 0.3 is 0 Å². The number of likely N-dealkylation sites (tertiary alicyclic amines) is 1. The molecule has 0 aromatic carbocycles. The quantitative estimate of drug-likeness (QED) is 0.851. The number of amides is 1. The van der Waals surface area contributed by atoms with Crippen molar-refractivity contribution < 1.29 is 9.53 Å². The topological polar surface area (TPSA) is 79.4 Å². The molecule has 3 aliphatic rings. The molecule has 23 heavy (non-hydrogen) atoms. The van der Waals surface area contributed by atoms with Crippen LogP contribution < -0.4 is 10.6 Å². The maximum atomic E-state index is 12.0. The molecule has 0 bridgehead atoms. The summed E-state index contributed by atoms with van der Waals surface area (Å²) in [6.07, 6.45) is 6.76. The molecule has 3 fully saturated rings. The van der Waals surface area contributed by atoms with Crippen LogP contribution in [-0.2, 0) is 9.53 Å². The van der Waals surface area contributed by atoms with Gasteiger partial charge in [-0.1, -0.05) is 0 Å². The van der Waals surface area contributed by atoms with E-state index in [1.54, 1.807) is 6.20 Å². The van der Waals surface area contributed by atoms with Crippen LogP contribution in [0.5, 0.6) is 0 Å². The van der Waals surface area contributed by atoms with E-state index >= 15 is 0 Å². The summed E-state index contributed by atoms with van der Waals surface area (Å²) in [5.74, 6) is 1.64. The summed E-state index contributed by atoms with van der Waals surface area (Å²) < 4.78 is 5.48. The van der Waals surface area contributed by atoms with Gasteiger partial charge in [0.2, 0.25) is 11.9 Å². The molecule has 3 heterocycles. The summed E-state index contributed by atoms with van der Waals surface area (Å²) in [5.41, 5.74) is 0. The Morgan fingerprint density at radius 1 is 1.22 bits per heavy atom. The first kappa shape index (κ1) is 14.7. The summed E-state index contributed by atoms with van der Waals surface area (Å²) in [6, 6.07) is 2.77. The van der Waals surface area contributed by atoms with Crippen LogP contribution in [0.3, 0.4) is 0 Å². The lowest BCUT2D eigenvalue weighted by molar-refractivity contribution is -0.128. The highest BCUT2D eigenvalue weighted by Crippen LogP contribution is 2.31. The lowest BCUT2D eigenvalue weighted by Gasteiger charge is -2.23. The fourth-order valence-electron chi connectivity index (χ4n) is 3.32. The Morgan fingerprint density at radius 3 is 2.91 bits per heavy atom. The van der Waals surface area contributed by atoms with Gasteiger partial charge in [0.25, 0.3) is 0 Å². The SMILES string of the molecule is O=C1C[C@H](Nc2nccc(N[C@@H]3CCCOC3)n2)CN1C1CC1. The summed E-state index contributed by atoms with van der Waals surface area (Å²) in [4.78, 5) is 22.8. The molecule has 2 atom stereocenters. The van der Waals surface area contributed by atoms with Gasteiger partial charge < -0.3 is 20.3 Å². The van der Waals surface area contributed by atoms with Crippen molar-refractivity contribution in [2.24, 2.45) is 0 Å². The van der Waals surface area contributed by atoms with Gasteiger partial charge in [-0.15, -0.1) is 0 Å². The first-order valence-electron chi connectivity index (χ1n) is 8.51. The zero-order valence-corrected chi connectivity index (χ0v) is 13.2. The van der Waals surface area contributed by atoms with E-state index < -0.39 is 0 Å². The molecule has 7 heteroatoms. The molecule has 7 nitrogen and oxygen atoms in total. The van der Waals surface area contributed by atoms with Gasteiger partial charge in [-0.25, -0.2) is 4.98 Å². The molecule has 1 aromatic heterocycles. The van der Waals surface area contributed by atoms with Crippen molar-refractivity contribution in [2.45, 2.75) is 50.2 Å². The molecular weight excluding hydrogens is 294 g/mol. The molecule has 4 rings (SSSR count). The second kappa shape index (κ2) is 6.31. The standard InChI is InChI=1S/C16H23N5O2/c22-15-8-12(9-21(15)13-3-4-13)19-16-17-6-5-14(20-16)18-11-2-1-7-23-10-11/h5-6,11-13H,1-4,7-10H2,(H2,17,18,19,20)/t11-,12+/m1/s1. The first-order chi connectivity index (χ1) is 11.3. The molecule has 1 saturated carbocycles. The van der Waals surface area contributed by atoms with Crippen LogP contribution >= 0.6 is 0 Å². The van der Waals surface area contributed by atoms with E-state index in [1.165, 1.54) is 0 Å². The van der Waals surface area contributed by atoms with Gasteiger partial charge in [0.05, 0.1) is 18.7 Å². The zero-order valence-electron chi connectivity index (χ0n) is 13.2. The van der Waals surface area contributed by atoms with Crippen molar-refractivity contribution >= 4 is 17.7 Å². The number of ether oxygens (including phenoxy) is 1. The van der Waals surface area contributed by atoms with E-state index in [-0.39, 0.29) is 11.9 Å². The third kappa shape index (κ3) is 3.55. The van der Waals surface area contributed by atoms with Crippen molar-refractivity contribution in [1.29, 1.82) is 0 Å². The summed E-state index contributed by atoms with van der Waals surface area (Å²) in [5, 5.41) is 6.70. The first-order valence-corrected chi connectivity index (χ1v) is 8.51. The normalized spacial score (nSPS) is 28.0. The van der Waals surface area contributed by atoms with E-state index in [9.17, 15) is 4.79 Å². The Labute approximate surface area is 135 Å². The lowest BCUT2D eigenvalue weighted by Crippen LogP contribution is -2.31. The summed E-state index contributed by atoms with van der Waals surface area (Å²) >= 11 is 0. The van der Waals surface area contributed by atoms with Gasteiger partial charge in [-0.2, -0.15) is 4.98 Å². The van der Waals surface area contributed by atoms with Crippen molar-refractivity contribution in [2.75, 3.05) is 30.4 Å². The average molecular weight is 317 g/mol. The molecule has 1 amide bonds. The van der Waals surface area contributed by atoms with Crippen molar-refractivity contribution in [3.05, 3.63) is 12.3 Å². The minimum absolute atomic E-state index is 0.108. The number of nitrogens with zero attached hydrogens (tertiary/aromatic N) is 3. The number of hydrogen-bond donors (Lipinski definition) is 2.